The zero-order chi connectivity index (χ0) is 24.8. The summed E-state index contributed by atoms with van der Waals surface area (Å²) in [5.74, 6) is 0.0490. The number of aliphatic hydroxyl groups excluding tert-OH is 2. The Bertz CT molecular complexity index is 697. The number of aliphatic hydroxyl groups is 2. The fourth-order valence-corrected chi connectivity index (χ4v) is 4.65. The number of ether oxygens (including phenoxy) is 3. The molecule has 2 N–H and O–H groups in total. The lowest BCUT2D eigenvalue weighted by Crippen LogP contribution is -2.61. The van der Waals surface area contributed by atoms with Gasteiger partial charge < -0.3 is 24.4 Å². The van der Waals surface area contributed by atoms with Gasteiger partial charge in [-0.2, -0.15) is 0 Å². The molecule has 2 aliphatic rings. The summed E-state index contributed by atoms with van der Waals surface area (Å²) < 4.78 is 18.0. The SMILES string of the molecule is CCC(C)CC(=O)O[C@H]1[C@@H](O)[C@@H](C)O[C@@H](OC(C)(CCC=C(C)C)[C@@H]2CC=C(C)CC2)[C@@H]1O. The Labute approximate surface area is 200 Å². The summed E-state index contributed by atoms with van der Waals surface area (Å²) in [6.45, 7) is 14.1. The average molecular weight is 467 g/mol. The highest BCUT2D eigenvalue weighted by Gasteiger charge is 2.49. The zero-order valence-corrected chi connectivity index (χ0v) is 21.7. The van der Waals surface area contributed by atoms with Crippen LogP contribution >= 0.6 is 0 Å². The third kappa shape index (κ3) is 7.91. The maximum absolute atomic E-state index is 12.4. The molecule has 1 aliphatic carbocycles. The zero-order valence-electron chi connectivity index (χ0n) is 21.7. The van der Waals surface area contributed by atoms with E-state index in [1.165, 1.54) is 11.1 Å². The second-order valence-electron chi connectivity index (χ2n) is 10.6. The molecule has 1 heterocycles. The van der Waals surface area contributed by atoms with E-state index >= 15 is 0 Å². The lowest BCUT2D eigenvalue weighted by molar-refractivity contribution is -0.327. The summed E-state index contributed by atoms with van der Waals surface area (Å²) in [6, 6.07) is 0. The van der Waals surface area contributed by atoms with Crippen LogP contribution in [0.1, 0.15) is 93.4 Å². The summed E-state index contributed by atoms with van der Waals surface area (Å²) in [7, 11) is 0. The predicted molar refractivity (Wildman–Crippen MR) is 130 cm³/mol. The van der Waals surface area contributed by atoms with Crippen LogP contribution in [0.15, 0.2) is 23.3 Å². The van der Waals surface area contributed by atoms with Crippen LogP contribution in [0, 0.1) is 11.8 Å². The summed E-state index contributed by atoms with van der Waals surface area (Å²) in [5, 5.41) is 21.7. The predicted octanol–water partition coefficient (Wildman–Crippen LogP) is 5.07. The van der Waals surface area contributed by atoms with Crippen molar-refractivity contribution < 1.29 is 29.2 Å². The first-order valence-corrected chi connectivity index (χ1v) is 12.6. The number of carbonyl (C=O) groups is 1. The van der Waals surface area contributed by atoms with E-state index in [0.29, 0.717) is 0 Å². The molecule has 190 valence electrons. The van der Waals surface area contributed by atoms with Gasteiger partial charge in [0.1, 0.15) is 12.2 Å². The molecule has 0 aromatic carbocycles. The Balaban J connectivity index is 2.19. The summed E-state index contributed by atoms with van der Waals surface area (Å²) >= 11 is 0. The van der Waals surface area contributed by atoms with Crippen LogP contribution < -0.4 is 0 Å². The monoisotopic (exact) mass is 466 g/mol. The first-order chi connectivity index (χ1) is 15.5. The van der Waals surface area contributed by atoms with E-state index in [1.807, 2.05) is 13.8 Å². The standard InChI is InChI=1S/C27H46O6/c1-8-18(4)16-22(28)32-25-23(29)20(6)31-26(24(25)30)33-27(7,15-9-10-17(2)3)21-13-11-19(5)12-14-21/h10-11,18,20-21,23-26,29-30H,8-9,12-16H2,1-7H3/t18?,20-,21-,23+,24-,25+,26+,27?/m1/s1. The molecule has 6 nitrogen and oxygen atoms in total. The number of allylic oxidation sites excluding steroid dienone is 4. The lowest BCUT2D eigenvalue weighted by Gasteiger charge is -2.47. The van der Waals surface area contributed by atoms with Crippen molar-refractivity contribution in [2.75, 3.05) is 0 Å². The Morgan fingerprint density at radius 3 is 2.61 bits per heavy atom. The van der Waals surface area contributed by atoms with E-state index in [0.717, 1.165) is 38.5 Å². The van der Waals surface area contributed by atoms with Gasteiger partial charge in [-0.15, -0.1) is 0 Å². The van der Waals surface area contributed by atoms with Crippen molar-refractivity contribution in [3.8, 4) is 0 Å². The van der Waals surface area contributed by atoms with Gasteiger partial charge in [-0.3, -0.25) is 4.79 Å². The number of hydrogen-bond acceptors (Lipinski definition) is 6. The van der Waals surface area contributed by atoms with Gasteiger partial charge in [0, 0.05) is 6.42 Å². The van der Waals surface area contributed by atoms with Gasteiger partial charge in [0.2, 0.25) is 0 Å². The molecule has 0 radical (unpaired) electrons. The molecule has 0 saturated carbocycles. The van der Waals surface area contributed by atoms with Crippen molar-refractivity contribution in [1.82, 2.24) is 0 Å². The van der Waals surface area contributed by atoms with Gasteiger partial charge in [0.05, 0.1) is 11.7 Å². The van der Waals surface area contributed by atoms with Crippen LogP contribution in [-0.4, -0.2) is 52.5 Å². The number of esters is 1. The number of hydrogen-bond donors (Lipinski definition) is 2. The van der Waals surface area contributed by atoms with Gasteiger partial charge in [0.25, 0.3) is 0 Å². The van der Waals surface area contributed by atoms with Crippen molar-refractivity contribution >= 4 is 5.97 Å². The molecule has 1 aliphatic heterocycles. The van der Waals surface area contributed by atoms with Crippen molar-refractivity contribution in [3.05, 3.63) is 23.3 Å². The number of rotatable bonds is 10. The molecule has 33 heavy (non-hydrogen) atoms. The molecular formula is C27H46O6. The van der Waals surface area contributed by atoms with Crippen LogP contribution in [0.25, 0.3) is 0 Å². The molecule has 1 fully saturated rings. The lowest BCUT2D eigenvalue weighted by atomic mass is 9.76. The molecular weight excluding hydrogens is 420 g/mol. The minimum absolute atomic E-state index is 0.178. The van der Waals surface area contributed by atoms with Crippen molar-refractivity contribution in [2.45, 2.75) is 130 Å². The Kier molecular flexibility index (Phi) is 10.6. The number of carbonyl (C=O) groups excluding carboxylic acids is 1. The molecule has 6 heteroatoms. The fourth-order valence-electron chi connectivity index (χ4n) is 4.65. The van der Waals surface area contributed by atoms with Crippen LogP contribution in [0.3, 0.4) is 0 Å². The maximum atomic E-state index is 12.4. The van der Waals surface area contributed by atoms with Crippen LogP contribution in [-0.2, 0) is 19.0 Å². The first kappa shape index (κ1) is 28.0. The molecule has 2 unspecified atom stereocenters. The van der Waals surface area contributed by atoms with E-state index in [-0.39, 0.29) is 18.3 Å². The normalized spacial score (nSPS) is 32.9. The molecule has 0 bridgehead atoms. The van der Waals surface area contributed by atoms with E-state index in [4.69, 9.17) is 14.2 Å². The van der Waals surface area contributed by atoms with Crippen LogP contribution in [0.5, 0.6) is 0 Å². The average Bonchev–Trinajstić information content (AvgIpc) is 2.75. The summed E-state index contributed by atoms with van der Waals surface area (Å²) in [6.07, 6.45) is 5.16. The molecule has 8 atom stereocenters. The first-order valence-electron chi connectivity index (χ1n) is 12.6. The van der Waals surface area contributed by atoms with Crippen LogP contribution in [0.4, 0.5) is 0 Å². The second kappa shape index (κ2) is 12.5. The Hall–Kier alpha value is -1.21. The van der Waals surface area contributed by atoms with Crippen molar-refractivity contribution in [3.63, 3.8) is 0 Å². The summed E-state index contributed by atoms with van der Waals surface area (Å²) in [4.78, 5) is 12.4. The van der Waals surface area contributed by atoms with Gasteiger partial charge in [-0.25, -0.2) is 0 Å². The highest BCUT2D eigenvalue weighted by Crippen LogP contribution is 2.40. The highest BCUT2D eigenvalue weighted by atomic mass is 16.7. The van der Waals surface area contributed by atoms with E-state index in [9.17, 15) is 15.0 Å². The molecule has 0 amide bonds. The summed E-state index contributed by atoms with van der Waals surface area (Å²) in [5.41, 5.74) is 2.13. The van der Waals surface area contributed by atoms with E-state index in [2.05, 4.69) is 39.8 Å². The molecule has 1 saturated heterocycles. The highest BCUT2D eigenvalue weighted by molar-refractivity contribution is 5.70. The largest absolute Gasteiger partial charge is 0.456 e. The van der Waals surface area contributed by atoms with Gasteiger partial charge in [-0.1, -0.05) is 43.6 Å². The molecule has 2 rings (SSSR count). The Morgan fingerprint density at radius 2 is 2.03 bits per heavy atom. The third-order valence-electron chi connectivity index (χ3n) is 7.34. The van der Waals surface area contributed by atoms with Gasteiger partial charge >= 0.3 is 5.97 Å². The quantitative estimate of drug-likeness (QED) is 0.345. The topological polar surface area (TPSA) is 85.2 Å². The fraction of sp³-hybridized carbons (Fsp3) is 0.815. The van der Waals surface area contributed by atoms with E-state index in [1.54, 1.807) is 6.92 Å². The van der Waals surface area contributed by atoms with Crippen molar-refractivity contribution in [2.24, 2.45) is 11.8 Å². The van der Waals surface area contributed by atoms with E-state index < -0.39 is 42.3 Å². The van der Waals surface area contributed by atoms with Crippen molar-refractivity contribution in [1.29, 1.82) is 0 Å². The molecule has 0 aromatic rings. The minimum Gasteiger partial charge on any atom is -0.456 e. The molecule has 0 spiro atoms. The second-order valence-corrected chi connectivity index (χ2v) is 10.6. The minimum atomic E-state index is -1.26. The molecule has 0 aromatic heterocycles. The maximum Gasteiger partial charge on any atom is 0.306 e. The van der Waals surface area contributed by atoms with Crippen LogP contribution in [0.2, 0.25) is 0 Å². The third-order valence-corrected chi connectivity index (χ3v) is 7.34. The smallest absolute Gasteiger partial charge is 0.306 e. The Morgan fingerprint density at radius 1 is 1.33 bits per heavy atom. The van der Waals surface area contributed by atoms with Gasteiger partial charge in [-0.05, 0) is 78.6 Å². The van der Waals surface area contributed by atoms with Gasteiger partial charge in [0.15, 0.2) is 12.4 Å².